The third-order valence-corrected chi connectivity index (χ3v) is 3.91. The van der Waals surface area contributed by atoms with Crippen LogP contribution < -0.4 is 0 Å². The minimum Gasteiger partial charge on any atom is -0.375 e. The van der Waals surface area contributed by atoms with E-state index in [1.807, 2.05) is 6.07 Å². The number of ether oxygens (including phenoxy) is 1. The topological polar surface area (TPSA) is 12.5 Å². The Labute approximate surface area is 117 Å². The van der Waals surface area contributed by atoms with E-state index in [4.69, 9.17) is 4.74 Å². The van der Waals surface area contributed by atoms with Crippen molar-refractivity contribution in [2.75, 3.05) is 19.7 Å². The summed E-state index contributed by atoms with van der Waals surface area (Å²) < 4.78 is 5.90. The molecule has 1 aromatic carbocycles. The summed E-state index contributed by atoms with van der Waals surface area (Å²) in [5.41, 5.74) is 1.27. The van der Waals surface area contributed by atoms with Crippen LogP contribution in [-0.4, -0.2) is 30.6 Å². The molecule has 2 heteroatoms. The largest absolute Gasteiger partial charge is 0.375 e. The zero-order valence-corrected chi connectivity index (χ0v) is 12.3. The SMILES string of the molecule is CC(C)CCN1CCCC1COCc1ccccc1. The van der Waals surface area contributed by atoms with Crippen LogP contribution in [0.3, 0.4) is 0 Å². The second-order valence-electron chi connectivity index (χ2n) is 6.02. The fraction of sp³-hybridized carbons (Fsp3) is 0.647. The molecule has 106 valence electrons. The summed E-state index contributed by atoms with van der Waals surface area (Å²) in [4.78, 5) is 2.62. The van der Waals surface area contributed by atoms with Gasteiger partial charge in [0.25, 0.3) is 0 Å². The van der Waals surface area contributed by atoms with E-state index >= 15 is 0 Å². The molecule has 2 nitrogen and oxygen atoms in total. The maximum atomic E-state index is 5.90. The summed E-state index contributed by atoms with van der Waals surface area (Å²) in [5, 5.41) is 0. The smallest absolute Gasteiger partial charge is 0.0717 e. The molecule has 1 fully saturated rings. The molecule has 1 saturated heterocycles. The van der Waals surface area contributed by atoms with Gasteiger partial charge in [-0.15, -0.1) is 0 Å². The second kappa shape index (κ2) is 7.66. The summed E-state index contributed by atoms with van der Waals surface area (Å²) in [7, 11) is 0. The third-order valence-electron chi connectivity index (χ3n) is 3.91. The second-order valence-corrected chi connectivity index (χ2v) is 6.02. The average Bonchev–Trinajstić information content (AvgIpc) is 2.85. The Balaban J connectivity index is 1.69. The molecule has 1 atom stereocenters. The Morgan fingerprint density at radius 3 is 2.79 bits per heavy atom. The van der Waals surface area contributed by atoms with Gasteiger partial charge in [0.2, 0.25) is 0 Å². The van der Waals surface area contributed by atoms with Gasteiger partial charge in [-0.1, -0.05) is 44.2 Å². The van der Waals surface area contributed by atoms with Gasteiger partial charge in [-0.3, -0.25) is 4.90 Å². The highest BCUT2D eigenvalue weighted by Gasteiger charge is 2.24. The molecule has 0 N–H and O–H groups in total. The molecule has 1 aromatic rings. The highest BCUT2D eigenvalue weighted by molar-refractivity contribution is 5.13. The number of hydrogen-bond acceptors (Lipinski definition) is 2. The molecule has 0 radical (unpaired) electrons. The number of likely N-dealkylation sites (tertiary alicyclic amines) is 1. The van der Waals surface area contributed by atoms with Gasteiger partial charge < -0.3 is 4.74 Å². The molecule has 1 aliphatic rings. The lowest BCUT2D eigenvalue weighted by molar-refractivity contribution is 0.0653. The Morgan fingerprint density at radius 2 is 2.05 bits per heavy atom. The van der Waals surface area contributed by atoms with E-state index in [0.29, 0.717) is 6.04 Å². The molecular formula is C17H27NO. The molecule has 0 spiro atoms. The molecule has 1 unspecified atom stereocenters. The Kier molecular flexibility index (Phi) is 5.87. The molecule has 1 heterocycles. The fourth-order valence-corrected chi connectivity index (χ4v) is 2.69. The number of rotatable bonds is 7. The first-order chi connectivity index (χ1) is 9.25. The van der Waals surface area contributed by atoms with E-state index in [-0.39, 0.29) is 0 Å². The quantitative estimate of drug-likeness (QED) is 0.742. The van der Waals surface area contributed by atoms with E-state index in [0.717, 1.165) is 19.1 Å². The summed E-state index contributed by atoms with van der Waals surface area (Å²) in [6.45, 7) is 8.72. The Bertz CT molecular complexity index is 350. The molecule has 0 saturated carbocycles. The van der Waals surface area contributed by atoms with Crippen LogP contribution >= 0.6 is 0 Å². The van der Waals surface area contributed by atoms with Crippen molar-refractivity contribution >= 4 is 0 Å². The fourth-order valence-electron chi connectivity index (χ4n) is 2.69. The molecule has 2 rings (SSSR count). The standard InChI is InChI=1S/C17H27NO/c1-15(2)10-12-18-11-6-9-17(18)14-19-13-16-7-4-3-5-8-16/h3-5,7-8,15,17H,6,9-14H2,1-2H3. The normalized spacial score (nSPS) is 20.3. The minimum absolute atomic E-state index is 0.641. The van der Waals surface area contributed by atoms with Crippen molar-refractivity contribution in [3.8, 4) is 0 Å². The summed E-state index contributed by atoms with van der Waals surface area (Å²) >= 11 is 0. The van der Waals surface area contributed by atoms with Crippen LogP contribution in [0.15, 0.2) is 30.3 Å². The van der Waals surface area contributed by atoms with Crippen LogP contribution in [0.5, 0.6) is 0 Å². The van der Waals surface area contributed by atoms with E-state index in [9.17, 15) is 0 Å². The summed E-state index contributed by atoms with van der Waals surface area (Å²) in [6.07, 6.45) is 3.93. The van der Waals surface area contributed by atoms with E-state index in [1.165, 1.54) is 37.9 Å². The zero-order chi connectivity index (χ0) is 13.5. The van der Waals surface area contributed by atoms with Crippen molar-refractivity contribution < 1.29 is 4.74 Å². The predicted octanol–water partition coefficient (Wildman–Crippen LogP) is 3.71. The van der Waals surface area contributed by atoms with Crippen molar-refractivity contribution in [2.45, 2.75) is 45.8 Å². The lowest BCUT2D eigenvalue weighted by Crippen LogP contribution is -2.34. The Hall–Kier alpha value is -0.860. The summed E-state index contributed by atoms with van der Waals surface area (Å²) in [5.74, 6) is 0.798. The van der Waals surface area contributed by atoms with E-state index < -0.39 is 0 Å². The predicted molar refractivity (Wildman–Crippen MR) is 80.1 cm³/mol. The minimum atomic E-state index is 0.641. The molecule has 0 aliphatic carbocycles. The number of hydrogen-bond donors (Lipinski definition) is 0. The maximum absolute atomic E-state index is 5.90. The van der Waals surface area contributed by atoms with Gasteiger partial charge >= 0.3 is 0 Å². The lowest BCUT2D eigenvalue weighted by atomic mass is 10.1. The first-order valence-corrected chi connectivity index (χ1v) is 7.61. The third kappa shape index (κ3) is 4.96. The van der Waals surface area contributed by atoms with Crippen molar-refractivity contribution in [3.63, 3.8) is 0 Å². The lowest BCUT2D eigenvalue weighted by Gasteiger charge is -2.25. The van der Waals surface area contributed by atoms with Crippen LogP contribution in [0.1, 0.15) is 38.7 Å². The van der Waals surface area contributed by atoms with Gasteiger partial charge in [0.15, 0.2) is 0 Å². The molecular weight excluding hydrogens is 234 g/mol. The molecule has 0 bridgehead atoms. The van der Waals surface area contributed by atoms with Gasteiger partial charge in [-0.05, 0) is 43.8 Å². The average molecular weight is 261 g/mol. The van der Waals surface area contributed by atoms with Crippen LogP contribution in [-0.2, 0) is 11.3 Å². The molecule has 0 aromatic heterocycles. The molecule has 19 heavy (non-hydrogen) atoms. The van der Waals surface area contributed by atoms with Crippen LogP contribution in [0, 0.1) is 5.92 Å². The number of nitrogens with zero attached hydrogens (tertiary/aromatic N) is 1. The van der Waals surface area contributed by atoms with Crippen LogP contribution in [0.2, 0.25) is 0 Å². The Morgan fingerprint density at radius 1 is 1.26 bits per heavy atom. The molecule has 1 aliphatic heterocycles. The van der Waals surface area contributed by atoms with Gasteiger partial charge in [0.05, 0.1) is 13.2 Å². The number of benzene rings is 1. The van der Waals surface area contributed by atoms with Crippen molar-refractivity contribution in [3.05, 3.63) is 35.9 Å². The van der Waals surface area contributed by atoms with Crippen LogP contribution in [0.4, 0.5) is 0 Å². The van der Waals surface area contributed by atoms with Crippen LogP contribution in [0.25, 0.3) is 0 Å². The maximum Gasteiger partial charge on any atom is 0.0717 e. The van der Waals surface area contributed by atoms with Gasteiger partial charge in [-0.25, -0.2) is 0 Å². The highest BCUT2D eigenvalue weighted by Crippen LogP contribution is 2.19. The van der Waals surface area contributed by atoms with Gasteiger partial charge in [0.1, 0.15) is 0 Å². The van der Waals surface area contributed by atoms with Crippen molar-refractivity contribution in [1.82, 2.24) is 4.90 Å². The van der Waals surface area contributed by atoms with Crippen molar-refractivity contribution in [2.24, 2.45) is 5.92 Å². The van der Waals surface area contributed by atoms with Gasteiger partial charge in [0, 0.05) is 6.04 Å². The van der Waals surface area contributed by atoms with E-state index in [2.05, 4.69) is 43.0 Å². The van der Waals surface area contributed by atoms with E-state index in [1.54, 1.807) is 0 Å². The zero-order valence-electron chi connectivity index (χ0n) is 12.3. The van der Waals surface area contributed by atoms with Crippen molar-refractivity contribution in [1.29, 1.82) is 0 Å². The monoisotopic (exact) mass is 261 g/mol. The highest BCUT2D eigenvalue weighted by atomic mass is 16.5. The summed E-state index contributed by atoms with van der Waals surface area (Å²) in [6, 6.07) is 11.1. The molecule has 0 amide bonds. The van der Waals surface area contributed by atoms with Gasteiger partial charge in [-0.2, -0.15) is 0 Å². The first-order valence-electron chi connectivity index (χ1n) is 7.61. The first kappa shape index (κ1) is 14.5.